The number of nitrogens with zero attached hydrogens (tertiary/aromatic N) is 1. The molecule has 1 aliphatic carbocycles. The Morgan fingerprint density at radius 1 is 1.06 bits per heavy atom. The second kappa shape index (κ2) is 5.21. The van der Waals surface area contributed by atoms with Gasteiger partial charge in [0.25, 0.3) is 0 Å². The van der Waals surface area contributed by atoms with Crippen molar-refractivity contribution in [2.45, 2.75) is 32.1 Å². The summed E-state index contributed by atoms with van der Waals surface area (Å²) < 4.78 is 0. The summed E-state index contributed by atoms with van der Waals surface area (Å²) in [6.45, 7) is 0. The van der Waals surface area contributed by atoms with Crippen molar-refractivity contribution in [2.24, 2.45) is 4.99 Å². The van der Waals surface area contributed by atoms with Crippen molar-refractivity contribution >= 4 is 11.9 Å². The Morgan fingerprint density at radius 2 is 1.94 bits per heavy atom. The molecule has 18 heavy (non-hydrogen) atoms. The number of nitrogens with one attached hydrogen (secondary N) is 1. The van der Waals surface area contributed by atoms with Gasteiger partial charge in [-0.15, -0.1) is 0 Å². The van der Waals surface area contributed by atoms with Gasteiger partial charge in [0.05, 0.1) is 0 Å². The van der Waals surface area contributed by atoms with Crippen LogP contribution in [0.25, 0.3) is 0 Å². The van der Waals surface area contributed by atoms with Gasteiger partial charge in [-0.2, -0.15) is 0 Å². The molecule has 0 spiro atoms. The SMILES string of the molecule is C1=CC2=C(CCCC2)Nc2ccccc2CC=N1. The molecule has 0 saturated carbocycles. The van der Waals surface area contributed by atoms with Crippen LogP contribution in [0.4, 0.5) is 5.69 Å². The zero-order valence-electron chi connectivity index (χ0n) is 10.5. The second-order valence-corrected chi connectivity index (χ2v) is 4.84. The molecule has 0 fully saturated rings. The van der Waals surface area contributed by atoms with E-state index in [0.717, 1.165) is 19.3 Å². The summed E-state index contributed by atoms with van der Waals surface area (Å²) in [6.07, 6.45) is 11.8. The molecule has 2 nitrogen and oxygen atoms in total. The molecule has 1 aromatic carbocycles. The Labute approximate surface area is 108 Å². The van der Waals surface area contributed by atoms with E-state index >= 15 is 0 Å². The first-order chi connectivity index (χ1) is 8.93. The van der Waals surface area contributed by atoms with Crippen molar-refractivity contribution in [3.05, 3.63) is 53.4 Å². The maximum absolute atomic E-state index is 4.35. The van der Waals surface area contributed by atoms with Gasteiger partial charge in [0.15, 0.2) is 0 Å². The van der Waals surface area contributed by atoms with Crippen LogP contribution in [0.5, 0.6) is 0 Å². The van der Waals surface area contributed by atoms with E-state index in [1.807, 2.05) is 12.4 Å². The molecular formula is C16H18N2. The normalized spacial score (nSPS) is 18.9. The van der Waals surface area contributed by atoms with Gasteiger partial charge in [-0.1, -0.05) is 18.2 Å². The van der Waals surface area contributed by atoms with Crippen LogP contribution in [0.15, 0.2) is 52.8 Å². The highest BCUT2D eigenvalue weighted by Gasteiger charge is 2.12. The summed E-state index contributed by atoms with van der Waals surface area (Å²) in [6, 6.07) is 8.51. The zero-order valence-corrected chi connectivity index (χ0v) is 10.5. The number of para-hydroxylation sites is 1. The lowest BCUT2D eigenvalue weighted by Crippen LogP contribution is -2.09. The molecule has 1 aromatic rings. The van der Waals surface area contributed by atoms with Gasteiger partial charge in [0.2, 0.25) is 0 Å². The first kappa shape index (κ1) is 11.3. The first-order valence-electron chi connectivity index (χ1n) is 6.68. The minimum atomic E-state index is 0.885. The fourth-order valence-electron chi connectivity index (χ4n) is 2.58. The van der Waals surface area contributed by atoms with E-state index in [1.165, 1.54) is 35.4 Å². The van der Waals surface area contributed by atoms with E-state index in [2.05, 4.69) is 40.7 Å². The fourth-order valence-corrected chi connectivity index (χ4v) is 2.58. The Morgan fingerprint density at radius 3 is 2.94 bits per heavy atom. The van der Waals surface area contributed by atoms with E-state index in [-0.39, 0.29) is 0 Å². The van der Waals surface area contributed by atoms with Crippen LogP contribution in [-0.2, 0) is 6.42 Å². The van der Waals surface area contributed by atoms with Crippen LogP contribution in [0, 0.1) is 0 Å². The average Bonchev–Trinajstić information content (AvgIpc) is 2.42. The summed E-state index contributed by atoms with van der Waals surface area (Å²) in [5.74, 6) is 0. The van der Waals surface area contributed by atoms with E-state index in [0.29, 0.717) is 0 Å². The van der Waals surface area contributed by atoms with Gasteiger partial charge < -0.3 is 5.32 Å². The first-order valence-corrected chi connectivity index (χ1v) is 6.68. The Hall–Kier alpha value is -1.83. The van der Waals surface area contributed by atoms with Crippen molar-refractivity contribution in [3.63, 3.8) is 0 Å². The third kappa shape index (κ3) is 2.37. The smallest absolute Gasteiger partial charge is 0.0418 e. The van der Waals surface area contributed by atoms with Gasteiger partial charge >= 0.3 is 0 Å². The molecule has 0 bridgehead atoms. The molecule has 0 radical (unpaired) electrons. The maximum Gasteiger partial charge on any atom is 0.0418 e. The summed E-state index contributed by atoms with van der Waals surface area (Å²) in [5.41, 5.74) is 5.33. The molecule has 2 heteroatoms. The molecule has 0 atom stereocenters. The van der Waals surface area contributed by atoms with Crippen LogP contribution in [0.2, 0.25) is 0 Å². The van der Waals surface area contributed by atoms with Crippen LogP contribution in [0.1, 0.15) is 31.2 Å². The van der Waals surface area contributed by atoms with Gasteiger partial charge in [-0.05, 0) is 49.0 Å². The van der Waals surface area contributed by atoms with Crippen LogP contribution < -0.4 is 5.32 Å². The molecule has 1 aliphatic heterocycles. The highest BCUT2D eigenvalue weighted by molar-refractivity contribution is 5.68. The molecular weight excluding hydrogens is 220 g/mol. The highest BCUT2D eigenvalue weighted by atomic mass is 14.9. The Balaban J connectivity index is 2.02. The van der Waals surface area contributed by atoms with E-state index in [9.17, 15) is 0 Å². The lowest BCUT2D eigenvalue weighted by Gasteiger charge is -2.21. The predicted molar refractivity (Wildman–Crippen MR) is 76.9 cm³/mol. The summed E-state index contributed by atoms with van der Waals surface area (Å²) in [5, 5.41) is 3.64. The molecule has 1 N–H and O–H groups in total. The quantitative estimate of drug-likeness (QED) is 0.724. The highest BCUT2D eigenvalue weighted by Crippen LogP contribution is 2.28. The van der Waals surface area contributed by atoms with Crippen LogP contribution in [-0.4, -0.2) is 6.21 Å². The van der Waals surface area contributed by atoms with Gasteiger partial charge in [0, 0.05) is 30.2 Å². The van der Waals surface area contributed by atoms with Crippen molar-refractivity contribution in [1.29, 1.82) is 0 Å². The number of allylic oxidation sites excluding steroid dienone is 3. The molecule has 0 unspecified atom stereocenters. The van der Waals surface area contributed by atoms with Crippen LogP contribution >= 0.6 is 0 Å². The van der Waals surface area contributed by atoms with E-state index in [1.54, 1.807) is 0 Å². The second-order valence-electron chi connectivity index (χ2n) is 4.84. The number of anilines is 1. The van der Waals surface area contributed by atoms with Gasteiger partial charge in [-0.3, -0.25) is 4.99 Å². The predicted octanol–water partition coefficient (Wildman–Crippen LogP) is 4.07. The van der Waals surface area contributed by atoms with Crippen molar-refractivity contribution < 1.29 is 0 Å². The third-order valence-corrected chi connectivity index (χ3v) is 3.59. The third-order valence-electron chi connectivity index (χ3n) is 3.59. The van der Waals surface area contributed by atoms with E-state index < -0.39 is 0 Å². The number of hydrogen-bond donors (Lipinski definition) is 1. The number of rotatable bonds is 0. The lowest BCUT2D eigenvalue weighted by atomic mass is 9.95. The van der Waals surface area contributed by atoms with E-state index in [4.69, 9.17) is 0 Å². The molecule has 0 aromatic heterocycles. The molecule has 2 aliphatic rings. The number of benzene rings is 1. The molecule has 0 saturated heterocycles. The summed E-state index contributed by atoms with van der Waals surface area (Å²) >= 11 is 0. The number of fused-ring (bicyclic) bond motifs is 1. The fraction of sp³-hybridized carbons (Fsp3) is 0.312. The van der Waals surface area contributed by atoms with Crippen molar-refractivity contribution in [3.8, 4) is 0 Å². The number of hydrogen-bond acceptors (Lipinski definition) is 2. The molecule has 92 valence electrons. The van der Waals surface area contributed by atoms with Crippen LogP contribution in [0.3, 0.4) is 0 Å². The van der Waals surface area contributed by atoms with Crippen molar-refractivity contribution in [2.75, 3.05) is 5.32 Å². The molecule has 1 heterocycles. The largest absolute Gasteiger partial charge is 0.358 e. The number of aliphatic imine (C=N–C) groups is 1. The minimum absolute atomic E-state index is 0.885. The Bertz CT molecular complexity index is 524. The maximum atomic E-state index is 4.35. The molecule has 3 rings (SSSR count). The average molecular weight is 238 g/mol. The summed E-state index contributed by atoms with van der Waals surface area (Å²) in [4.78, 5) is 4.35. The lowest BCUT2D eigenvalue weighted by molar-refractivity contribution is 0.685. The zero-order chi connectivity index (χ0) is 12.2. The Kier molecular flexibility index (Phi) is 3.26. The van der Waals surface area contributed by atoms with Gasteiger partial charge in [0.1, 0.15) is 0 Å². The minimum Gasteiger partial charge on any atom is -0.358 e. The van der Waals surface area contributed by atoms with Crippen molar-refractivity contribution in [1.82, 2.24) is 0 Å². The molecule has 0 amide bonds. The topological polar surface area (TPSA) is 24.4 Å². The van der Waals surface area contributed by atoms with Gasteiger partial charge in [-0.25, -0.2) is 0 Å². The monoisotopic (exact) mass is 238 g/mol. The standard InChI is InChI=1S/C16H18N2/c1-3-7-15-13(5-1)9-11-17-12-10-14-6-2-4-8-16(14)18-15/h1,3,5,7,10-12,18H,2,4,6,8-9H2. The summed E-state index contributed by atoms with van der Waals surface area (Å²) in [7, 11) is 0.